The van der Waals surface area contributed by atoms with Crippen LogP contribution in [0.2, 0.25) is 5.02 Å². The Hall–Kier alpha value is -3.07. The number of hydrogen-bond acceptors (Lipinski definition) is 7. The van der Waals surface area contributed by atoms with Gasteiger partial charge >= 0.3 is 0 Å². The monoisotopic (exact) mass is 658 g/mol. The number of hydrogen-bond donors (Lipinski definition) is 4. The van der Waals surface area contributed by atoms with E-state index in [-0.39, 0.29) is 34.9 Å². The van der Waals surface area contributed by atoms with Crippen molar-refractivity contribution in [3.63, 3.8) is 0 Å². The third-order valence-corrected chi connectivity index (χ3v) is 6.75. The summed E-state index contributed by atoms with van der Waals surface area (Å²) in [4.78, 5) is 21.3. The van der Waals surface area contributed by atoms with Crippen LogP contribution in [0.1, 0.15) is 29.8 Å². The molecule has 4 rings (SSSR count). The van der Waals surface area contributed by atoms with Crippen molar-refractivity contribution in [2.75, 3.05) is 18.5 Å². The number of halogens is 3. The first-order chi connectivity index (χ1) is 18.9. The van der Waals surface area contributed by atoms with Crippen molar-refractivity contribution in [3.8, 4) is 0 Å². The summed E-state index contributed by atoms with van der Waals surface area (Å²) in [5.41, 5.74) is 4.01. The molecule has 1 aromatic heterocycles. The molecule has 40 heavy (non-hydrogen) atoms. The Kier molecular flexibility index (Phi) is 12.5. The standard InChI is InChI=1S/C17H15BrClFN4O3.C7H8O3S.C2H6/c1-24-8-21-16-13(24)7-10(17(26)23-27-5-4-25)15(14(16)20)22-12-3-2-9(18)6-11(12)19;1-6-2-4-7(5-3-6)11(8,9)10;1-2/h2-3,6-8,22,25H,4-5H2,1H3,(H,23,26);2-5H,1H3,(H,8,9,10);1-2H3. The summed E-state index contributed by atoms with van der Waals surface area (Å²) in [6.07, 6.45) is 1.45. The third kappa shape index (κ3) is 8.71. The number of rotatable bonds is 7. The van der Waals surface area contributed by atoms with Gasteiger partial charge in [0.15, 0.2) is 5.82 Å². The van der Waals surface area contributed by atoms with Crippen molar-refractivity contribution in [3.05, 3.63) is 81.3 Å². The van der Waals surface area contributed by atoms with Gasteiger partial charge in [0, 0.05) is 11.5 Å². The Labute approximate surface area is 245 Å². The van der Waals surface area contributed by atoms with E-state index < -0.39 is 21.8 Å². The minimum absolute atomic E-state index is 0.000486. The predicted octanol–water partition coefficient (Wildman–Crippen LogP) is 5.79. The number of benzene rings is 3. The highest BCUT2D eigenvalue weighted by atomic mass is 79.9. The van der Waals surface area contributed by atoms with Crippen LogP contribution in [-0.4, -0.2) is 46.7 Å². The number of aliphatic hydroxyl groups is 1. The maximum absolute atomic E-state index is 15.1. The second kappa shape index (κ2) is 15.1. The van der Waals surface area contributed by atoms with Crippen LogP contribution in [0.25, 0.3) is 11.0 Å². The lowest BCUT2D eigenvalue weighted by Gasteiger charge is -2.15. The summed E-state index contributed by atoms with van der Waals surface area (Å²) in [6, 6.07) is 12.5. The predicted molar refractivity (Wildman–Crippen MR) is 156 cm³/mol. The van der Waals surface area contributed by atoms with Crippen LogP contribution in [0.3, 0.4) is 0 Å². The van der Waals surface area contributed by atoms with Crippen LogP contribution in [0.4, 0.5) is 15.8 Å². The van der Waals surface area contributed by atoms with Gasteiger partial charge in [-0.05, 0) is 43.3 Å². The van der Waals surface area contributed by atoms with E-state index in [2.05, 4.69) is 31.7 Å². The molecule has 0 aliphatic carbocycles. The summed E-state index contributed by atoms with van der Waals surface area (Å²) >= 11 is 9.51. The summed E-state index contributed by atoms with van der Waals surface area (Å²) < 4.78 is 47.0. The highest BCUT2D eigenvalue weighted by Crippen LogP contribution is 2.34. The summed E-state index contributed by atoms with van der Waals surface area (Å²) in [5.74, 6) is -1.37. The number of amides is 1. The summed E-state index contributed by atoms with van der Waals surface area (Å²) in [7, 11) is -2.33. The van der Waals surface area contributed by atoms with Gasteiger partial charge in [-0.2, -0.15) is 8.42 Å². The molecule has 0 aliphatic heterocycles. The van der Waals surface area contributed by atoms with Crippen LogP contribution >= 0.6 is 27.5 Å². The molecular weight excluding hydrogens is 631 g/mol. The Morgan fingerprint density at radius 3 is 2.40 bits per heavy atom. The Bertz CT molecular complexity index is 1570. The smallest absolute Gasteiger partial charge is 0.294 e. The number of carbonyl (C=O) groups excluding carboxylic acids is 1. The Morgan fingerprint density at radius 1 is 1.18 bits per heavy atom. The van der Waals surface area contributed by atoms with E-state index in [1.807, 2.05) is 20.8 Å². The molecular formula is C26H29BrClFN4O6S. The lowest BCUT2D eigenvalue weighted by Crippen LogP contribution is -2.26. The fraction of sp³-hybridized carbons (Fsp3) is 0.231. The summed E-state index contributed by atoms with van der Waals surface area (Å²) in [5, 5.41) is 12.0. The van der Waals surface area contributed by atoms with Crippen LogP contribution in [-0.2, 0) is 22.0 Å². The molecule has 0 spiro atoms. The zero-order chi connectivity index (χ0) is 30.0. The molecule has 216 valence electrons. The third-order valence-electron chi connectivity index (χ3n) is 5.07. The first-order valence-corrected chi connectivity index (χ1v) is 14.5. The maximum atomic E-state index is 15.1. The van der Waals surface area contributed by atoms with Crippen LogP contribution in [0.15, 0.2) is 64.2 Å². The molecule has 0 saturated carbocycles. The number of aromatic nitrogens is 2. The fourth-order valence-corrected chi connectivity index (χ4v) is 4.38. The summed E-state index contributed by atoms with van der Waals surface area (Å²) in [6.45, 7) is 5.48. The van der Waals surface area contributed by atoms with E-state index in [1.165, 1.54) is 24.5 Å². The molecule has 4 N–H and O–H groups in total. The van der Waals surface area contributed by atoms with Crippen LogP contribution in [0.5, 0.6) is 0 Å². The Morgan fingerprint density at radius 2 is 1.82 bits per heavy atom. The molecule has 0 aliphatic rings. The van der Waals surface area contributed by atoms with Crippen molar-refractivity contribution in [2.24, 2.45) is 7.05 Å². The van der Waals surface area contributed by atoms with Crippen molar-refractivity contribution >= 4 is 66.0 Å². The molecule has 0 bridgehead atoms. The number of anilines is 2. The molecule has 14 heteroatoms. The SMILES string of the molecule is CC.Cc1ccc(S(=O)(=O)O)cc1.Cn1cnc2c(F)c(Nc3ccc(Br)cc3Cl)c(C(=O)NOCCO)cc21. The minimum Gasteiger partial charge on any atom is -0.394 e. The number of aryl methyl sites for hydroxylation is 2. The second-order valence-corrected chi connectivity index (χ2v) is 10.6. The normalized spacial score (nSPS) is 10.7. The van der Waals surface area contributed by atoms with Crippen LogP contribution < -0.4 is 10.8 Å². The maximum Gasteiger partial charge on any atom is 0.294 e. The van der Waals surface area contributed by atoms with Crippen molar-refractivity contribution in [2.45, 2.75) is 25.7 Å². The molecule has 0 atom stereocenters. The highest BCUT2D eigenvalue weighted by molar-refractivity contribution is 9.10. The van der Waals surface area contributed by atoms with Gasteiger partial charge in [0.2, 0.25) is 0 Å². The highest BCUT2D eigenvalue weighted by Gasteiger charge is 2.22. The van der Waals surface area contributed by atoms with Gasteiger partial charge in [0.05, 0.1) is 51.9 Å². The lowest BCUT2D eigenvalue weighted by molar-refractivity contribution is 0.0169. The average molecular weight is 660 g/mol. The largest absolute Gasteiger partial charge is 0.394 e. The van der Waals surface area contributed by atoms with Gasteiger partial charge in [0.1, 0.15) is 5.52 Å². The second-order valence-electron chi connectivity index (χ2n) is 7.88. The number of nitrogens with one attached hydrogen (secondary N) is 2. The van der Waals surface area contributed by atoms with E-state index in [0.29, 0.717) is 16.2 Å². The van der Waals surface area contributed by atoms with Crippen LogP contribution in [0, 0.1) is 12.7 Å². The first kappa shape index (κ1) is 33.1. The zero-order valence-electron chi connectivity index (χ0n) is 22.1. The number of hydroxylamine groups is 1. The van der Waals surface area contributed by atoms with E-state index >= 15 is 4.39 Å². The van der Waals surface area contributed by atoms with Gasteiger partial charge < -0.3 is 15.0 Å². The van der Waals surface area contributed by atoms with Gasteiger partial charge in [-0.3, -0.25) is 14.2 Å². The minimum atomic E-state index is -4.02. The van der Waals surface area contributed by atoms with Crippen molar-refractivity contribution < 1.29 is 32.1 Å². The molecule has 3 aromatic carbocycles. The van der Waals surface area contributed by atoms with E-state index in [0.717, 1.165) is 10.0 Å². The van der Waals surface area contributed by atoms with Gasteiger partial charge in [-0.25, -0.2) is 14.9 Å². The molecule has 0 radical (unpaired) electrons. The van der Waals surface area contributed by atoms with Crippen molar-refractivity contribution in [1.82, 2.24) is 15.0 Å². The zero-order valence-corrected chi connectivity index (χ0v) is 25.2. The van der Waals surface area contributed by atoms with E-state index in [9.17, 15) is 13.2 Å². The molecule has 1 heterocycles. The number of carbonyl (C=O) groups is 1. The number of imidazole rings is 1. The lowest BCUT2D eigenvalue weighted by atomic mass is 10.1. The molecule has 0 unspecified atom stereocenters. The van der Waals surface area contributed by atoms with Gasteiger partial charge in [0.25, 0.3) is 16.0 Å². The topological polar surface area (TPSA) is 143 Å². The van der Waals surface area contributed by atoms with E-state index in [4.69, 9.17) is 26.1 Å². The first-order valence-electron chi connectivity index (χ1n) is 11.8. The number of nitrogens with zero attached hydrogens (tertiary/aromatic N) is 2. The molecule has 10 nitrogen and oxygen atoms in total. The van der Waals surface area contributed by atoms with E-state index in [1.54, 1.807) is 41.9 Å². The Balaban J connectivity index is 0.000000360. The molecule has 0 fully saturated rings. The molecule has 0 saturated heterocycles. The van der Waals surface area contributed by atoms with Gasteiger partial charge in [-0.15, -0.1) is 0 Å². The quantitative estimate of drug-likeness (QED) is 0.111. The van der Waals surface area contributed by atoms with Gasteiger partial charge in [-0.1, -0.05) is 59.1 Å². The number of fused-ring (bicyclic) bond motifs is 1. The average Bonchev–Trinajstić information content (AvgIpc) is 3.29. The fourth-order valence-electron chi connectivity index (χ4n) is 3.18. The molecule has 4 aromatic rings. The molecule has 1 amide bonds. The number of aliphatic hydroxyl groups excluding tert-OH is 1. The van der Waals surface area contributed by atoms with Crippen molar-refractivity contribution in [1.29, 1.82) is 0 Å².